The molecule has 1 aliphatic heterocycles. The van der Waals surface area contributed by atoms with Crippen molar-refractivity contribution < 1.29 is 8.42 Å². The number of nitrogens with one attached hydrogen (secondary N) is 2. The van der Waals surface area contributed by atoms with Crippen LogP contribution in [0.4, 0.5) is 0 Å². The topological polar surface area (TPSA) is 82.9 Å². The first kappa shape index (κ1) is 16.5. The Labute approximate surface area is 140 Å². The van der Waals surface area contributed by atoms with Gasteiger partial charge in [0, 0.05) is 12.3 Å². The van der Waals surface area contributed by atoms with Crippen molar-refractivity contribution in [3.05, 3.63) is 35.4 Å². The molecule has 2 aliphatic rings. The van der Waals surface area contributed by atoms with Gasteiger partial charge in [-0.1, -0.05) is 36.0 Å². The van der Waals surface area contributed by atoms with Crippen LogP contribution in [0.3, 0.4) is 0 Å². The summed E-state index contributed by atoms with van der Waals surface area (Å²) >= 11 is 1.69. The first-order chi connectivity index (χ1) is 11.0. The van der Waals surface area contributed by atoms with Crippen LogP contribution in [0.25, 0.3) is 0 Å². The first-order valence-electron chi connectivity index (χ1n) is 7.57. The number of rotatable bonds is 6. The fourth-order valence-electron chi connectivity index (χ4n) is 2.14. The molecular formula is C15H20N4O2S2. The Hall–Kier alpha value is -1.38. The van der Waals surface area contributed by atoms with Crippen LogP contribution < -0.4 is 10.1 Å². The number of hydrogen-bond acceptors (Lipinski definition) is 5. The maximum Gasteiger partial charge on any atom is 0.208 e. The van der Waals surface area contributed by atoms with Gasteiger partial charge in [-0.15, -0.1) is 0 Å². The van der Waals surface area contributed by atoms with Gasteiger partial charge in [-0.3, -0.25) is 10.4 Å². The van der Waals surface area contributed by atoms with E-state index in [9.17, 15) is 8.42 Å². The van der Waals surface area contributed by atoms with Gasteiger partial charge in [-0.2, -0.15) is 5.10 Å². The van der Waals surface area contributed by atoms with Gasteiger partial charge >= 0.3 is 0 Å². The summed E-state index contributed by atoms with van der Waals surface area (Å²) in [6.45, 7) is 0.414. The van der Waals surface area contributed by atoms with Crippen molar-refractivity contribution in [3.8, 4) is 0 Å². The second-order valence-electron chi connectivity index (χ2n) is 5.74. The first-order valence-corrected chi connectivity index (χ1v) is 10.4. The van der Waals surface area contributed by atoms with Crippen LogP contribution in [0.2, 0.25) is 0 Å². The van der Waals surface area contributed by atoms with Crippen LogP contribution in [0.1, 0.15) is 24.0 Å². The van der Waals surface area contributed by atoms with E-state index in [2.05, 4.69) is 20.2 Å². The van der Waals surface area contributed by atoms with Crippen molar-refractivity contribution in [2.45, 2.75) is 25.3 Å². The second-order valence-corrected chi connectivity index (χ2v) is 8.53. The summed E-state index contributed by atoms with van der Waals surface area (Å²) in [5.74, 6) is 0.813. The molecule has 0 amide bonds. The standard InChI is InChI=1S/C15H20N4O2S2/c1-23(20,21)16-9-8-11-2-4-12(5-3-11)14-10-22-15(19-18-14)17-13-6-7-13/h2-5,13,16H,6-10H2,1H3,(H,17,19). The highest BCUT2D eigenvalue weighted by atomic mass is 32.2. The van der Waals surface area contributed by atoms with Crippen LogP contribution in [0, 0.1) is 0 Å². The predicted octanol–water partition coefficient (Wildman–Crippen LogP) is 1.34. The lowest BCUT2D eigenvalue weighted by molar-refractivity contribution is 0.588. The van der Waals surface area contributed by atoms with E-state index in [1.54, 1.807) is 11.8 Å². The summed E-state index contributed by atoms with van der Waals surface area (Å²) in [6.07, 6.45) is 4.23. The largest absolute Gasteiger partial charge is 0.258 e. The zero-order valence-corrected chi connectivity index (χ0v) is 14.6. The smallest absolute Gasteiger partial charge is 0.208 e. The van der Waals surface area contributed by atoms with Crippen LogP contribution >= 0.6 is 11.8 Å². The van der Waals surface area contributed by atoms with E-state index in [1.807, 2.05) is 24.3 Å². The van der Waals surface area contributed by atoms with Gasteiger partial charge in [0.05, 0.1) is 18.0 Å². The number of hydrazone groups is 1. The Balaban J connectivity index is 1.56. The maximum atomic E-state index is 11.0. The van der Waals surface area contributed by atoms with Gasteiger partial charge in [0.2, 0.25) is 10.0 Å². The quantitative estimate of drug-likeness (QED) is 0.809. The molecule has 8 heteroatoms. The summed E-state index contributed by atoms with van der Waals surface area (Å²) in [5, 5.41) is 5.33. The molecule has 1 aromatic carbocycles. The van der Waals surface area contributed by atoms with Crippen LogP contribution in [0.15, 0.2) is 34.4 Å². The number of benzene rings is 1. The summed E-state index contributed by atoms with van der Waals surface area (Å²) in [7, 11) is -3.12. The van der Waals surface area contributed by atoms with E-state index in [4.69, 9.17) is 0 Å². The summed E-state index contributed by atoms with van der Waals surface area (Å²) in [5.41, 5.74) is 6.21. The van der Waals surface area contributed by atoms with Crippen molar-refractivity contribution >= 4 is 32.7 Å². The molecule has 0 aromatic heterocycles. The van der Waals surface area contributed by atoms with Gasteiger partial charge < -0.3 is 0 Å². The fraction of sp³-hybridized carbons (Fsp3) is 0.467. The Bertz CT molecular complexity index is 722. The zero-order valence-electron chi connectivity index (χ0n) is 12.9. The number of nitrogens with zero attached hydrogens (tertiary/aromatic N) is 2. The van der Waals surface area contributed by atoms with Gasteiger partial charge in [0.1, 0.15) is 0 Å². The fourth-order valence-corrected chi connectivity index (χ4v) is 3.46. The molecule has 1 aromatic rings. The van der Waals surface area contributed by atoms with E-state index in [-0.39, 0.29) is 0 Å². The van der Waals surface area contributed by atoms with E-state index in [0.717, 1.165) is 27.8 Å². The third kappa shape index (κ3) is 5.33. The lowest BCUT2D eigenvalue weighted by atomic mass is 10.1. The molecule has 0 spiro atoms. The van der Waals surface area contributed by atoms with Crippen molar-refractivity contribution in [2.75, 3.05) is 18.6 Å². The van der Waals surface area contributed by atoms with E-state index in [1.165, 1.54) is 19.1 Å². The molecule has 0 saturated heterocycles. The molecule has 124 valence electrons. The molecular weight excluding hydrogens is 332 g/mol. The maximum absolute atomic E-state index is 11.0. The molecule has 0 radical (unpaired) electrons. The molecule has 3 rings (SSSR count). The van der Waals surface area contributed by atoms with Gasteiger partial charge in [0.25, 0.3) is 0 Å². The average Bonchev–Trinajstić information content (AvgIpc) is 3.32. The highest BCUT2D eigenvalue weighted by Gasteiger charge is 2.22. The lowest BCUT2D eigenvalue weighted by Crippen LogP contribution is -2.26. The Morgan fingerprint density at radius 1 is 1.35 bits per heavy atom. The van der Waals surface area contributed by atoms with E-state index in [0.29, 0.717) is 19.0 Å². The molecule has 1 aliphatic carbocycles. The lowest BCUT2D eigenvalue weighted by Gasteiger charge is -2.15. The van der Waals surface area contributed by atoms with Gasteiger partial charge in [-0.25, -0.2) is 13.1 Å². The number of hydrogen-bond donors (Lipinski definition) is 2. The molecule has 0 atom stereocenters. The minimum absolute atomic E-state index is 0.414. The molecule has 2 N–H and O–H groups in total. The minimum atomic E-state index is -3.12. The minimum Gasteiger partial charge on any atom is -0.258 e. The number of thioether (sulfide) groups is 1. The normalized spacial score (nSPS) is 20.2. The van der Waals surface area contributed by atoms with Crippen LogP contribution in [0.5, 0.6) is 0 Å². The Kier molecular flexibility index (Phi) is 5.03. The van der Waals surface area contributed by atoms with Crippen molar-refractivity contribution in [2.24, 2.45) is 10.1 Å². The van der Waals surface area contributed by atoms with Gasteiger partial charge in [0.15, 0.2) is 5.17 Å². The monoisotopic (exact) mass is 352 g/mol. The molecule has 0 unspecified atom stereocenters. The second kappa shape index (κ2) is 7.02. The van der Waals surface area contributed by atoms with Crippen molar-refractivity contribution in [1.82, 2.24) is 10.1 Å². The van der Waals surface area contributed by atoms with E-state index < -0.39 is 10.0 Å². The van der Waals surface area contributed by atoms with E-state index >= 15 is 0 Å². The molecule has 6 nitrogen and oxygen atoms in total. The highest BCUT2D eigenvalue weighted by molar-refractivity contribution is 8.14. The average molecular weight is 352 g/mol. The Morgan fingerprint density at radius 2 is 2.09 bits per heavy atom. The third-order valence-corrected chi connectivity index (χ3v) is 5.16. The summed E-state index contributed by atoms with van der Waals surface area (Å²) in [6, 6.07) is 8.59. The number of aliphatic imine (C=N–C) groups is 1. The number of sulfonamides is 1. The predicted molar refractivity (Wildman–Crippen MR) is 95.6 cm³/mol. The molecule has 0 bridgehead atoms. The zero-order chi connectivity index (χ0) is 16.3. The SMILES string of the molecule is CS(=O)(=O)NCCc1ccc(C2=NNC(=NC3CC3)SC2)cc1. The van der Waals surface area contributed by atoms with Crippen molar-refractivity contribution in [3.63, 3.8) is 0 Å². The molecule has 1 fully saturated rings. The third-order valence-electron chi connectivity index (χ3n) is 3.54. The number of amidine groups is 1. The van der Waals surface area contributed by atoms with Crippen LogP contribution in [-0.2, 0) is 16.4 Å². The van der Waals surface area contributed by atoms with Gasteiger partial charge in [-0.05, 0) is 30.4 Å². The van der Waals surface area contributed by atoms with Crippen molar-refractivity contribution in [1.29, 1.82) is 0 Å². The summed E-state index contributed by atoms with van der Waals surface area (Å²) in [4.78, 5) is 4.55. The molecule has 1 heterocycles. The highest BCUT2D eigenvalue weighted by Crippen LogP contribution is 2.25. The Morgan fingerprint density at radius 3 is 2.65 bits per heavy atom. The summed E-state index contributed by atoms with van der Waals surface area (Å²) < 4.78 is 24.6. The molecule has 23 heavy (non-hydrogen) atoms. The van der Waals surface area contributed by atoms with Crippen LogP contribution in [-0.4, -0.2) is 43.9 Å². The molecule has 1 saturated carbocycles.